The summed E-state index contributed by atoms with van der Waals surface area (Å²) < 4.78 is 0. The van der Waals surface area contributed by atoms with Gasteiger partial charge in [-0.1, -0.05) is 179 Å². The van der Waals surface area contributed by atoms with Gasteiger partial charge in [0.05, 0.1) is 18.8 Å². The molecule has 0 saturated carbocycles. The van der Waals surface area contributed by atoms with Gasteiger partial charge in [0.15, 0.2) is 0 Å². The highest BCUT2D eigenvalue weighted by Crippen LogP contribution is 2.14. The Labute approximate surface area is 262 Å². The van der Waals surface area contributed by atoms with Crippen molar-refractivity contribution in [1.29, 1.82) is 0 Å². The van der Waals surface area contributed by atoms with Gasteiger partial charge in [-0.2, -0.15) is 0 Å². The van der Waals surface area contributed by atoms with Gasteiger partial charge < -0.3 is 15.5 Å². The van der Waals surface area contributed by atoms with E-state index in [1.807, 2.05) is 6.08 Å². The highest BCUT2D eigenvalue weighted by atomic mass is 16.3. The van der Waals surface area contributed by atoms with Crippen molar-refractivity contribution >= 4 is 5.91 Å². The Morgan fingerprint density at radius 1 is 0.548 bits per heavy atom. The molecule has 2 unspecified atom stereocenters. The molecule has 0 bridgehead atoms. The van der Waals surface area contributed by atoms with E-state index in [0.29, 0.717) is 6.42 Å². The van der Waals surface area contributed by atoms with Crippen LogP contribution in [-0.4, -0.2) is 34.9 Å². The van der Waals surface area contributed by atoms with Gasteiger partial charge in [-0.3, -0.25) is 4.79 Å². The summed E-state index contributed by atoms with van der Waals surface area (Å²) in [6, 6.07) is -0.632. The molecule has 0 radical (unpaired) electrons. The molecule has 3 N–H and O–H groups in total. The topological polar surface area (TPSA) is 69.6 Å². The van der Waals surface area contributed by atoms with Crippen molar-refractivity contribution in [1.82, 2.24) is 5.32 Å². The van der Waals surface area contributed by atoms with Crippen LogP contribution in [0.3, 0.4) is 0 Å². The van der Waals surface area contributed by atoms with Crippen LogP contribution in [-0.2, 0) is 4.79 Å². The molecule has 0 spiro atoms. The van der Waals surface area contributed by atoms with E-state index >= 15 is 0 Å². The second-order valence-corrected chi connectivity index (χ2v) is 12.6. The van der Waals surface area contributed by atoms with Gasteiger partial charge in [0.2, 0.25) is 5.91 Å². The molecule has 0 aromatic rings. The monoisotopic (exact) mass is 592 g/mol. The molecule has 4 nitrogen and oxygen atoms in total. The van der Waals surface area contributed by atoms with Crippen LogP contribution in [0.25, 0.3) is 0 Å². The normalized spacial score (nSPS) is 13.3. The third-order valence-electron chi connectivity index (χ3n) is 8.44. The summed E-state index contributed by atoms with van der Waals surface area (Å²) in [5.41, 5.74) is 0. The molecule has 0 rings (SSSR count). The number of hydrogen-bond acceptors (Lipinski definition) is 3. The van der Waals surface area contributed by atoms with Gasteiger partial charge in [0.1, 0.15) is 0 Å². The SMILES string of the molecule is CCCCCCCCCCCCCCCC/C=C/CC/C=C/C(O)C(CO)NC(=O)CCCCCCCCCCCC. The summed E-state index contributed by atoms with van der Waals surface area (Å²) in [6.07, 6.45) is 42.7. The Bertz CT molecular complexity index is 603. The molecule has 1 amide bonds. The Balaban J connectivity index is 3.63. The highest BCUT2D eigenvalue weighted by molar-refractivity contribution is 5.76. The van der Waals surface area contributed by atoms with Gasteiger partial charge in [0, 0.05) is 6.42 Å². The molecule has 0 aromatic carbocycles. The van der Waals surface area contributed by atoms with Crippen molar-refractivity contribution in [3.05, 3.63) is 24.3 Å². The smallest absolute Gasteiger partial charge is 0.220 e. The lowest BCUT2D eigenvalue weighted by Gasteiger charge is -2.19. The molecule has 0 heterocycles. The maximum atomic E-state index is 12.2. The number of unbranched alkanes of at least 4 members (excludes halogenated alkanes) is 24. The summed E-state index contributed by atoms with van der Waals surface area (Å²) in [4.78, 5) is 12.2. The second kappa shape index (κ2) is 34.4. The van der Waals surface area contributed by atoms with Crippen molar-refractivity contribution in [2.24, 2.45) is 0 Å². The van der Waals surface area contributed by atoms with Crippen molar-refractivity contribution in [3.63, 3.8) is 0 Å². The van der Waals surface area contributed by atoms with E-state index in [-0.39, 0.29) is 12.5 Å². The highest BCUT2D eigenvalue weighted by Gasteiger charge is 2.17. The molecule has 0 aliphatic rings. The fourth-order valence-electron chi connectivity index (χ4n) is 5.55. The summed E-state index contributed by atoms with van der Waals surface area (Å²) in [5, 5.41) is 22.8. The fraction of sp³-hybridized carbons (Fsp3) is 0.868. The van der Waals surface area contributed by atoms with Crippen LogP contribution in [0.1, 0.15) is 194 Å². The zero-order chi connectivity index (χ0) is 30.8. The van der Waals surface area contributed by atoms with Crippen LogP contribution >= 0.6 is 0 Å². The summed E-state index contributed by atoms with van der Waals surface area (Å²) in [7, 11) is 0. The van der Waals surface area contributed by atoms with Crippen LogP contribution in [0.2, 0.25) is 0 Å². The third-order valence-corrected chi connectivity index (χ3v) is 8.44. The quantitative estimate of drug-likeness (QED) is 0.0525. The van der Waals surface area contributed by atoms with E-state index in [1.54, 1.807) is 6.08 Å². The molecule has 0 aliphatic heterocycles. The summed E-state index contributed by atoms with van der Waals surface area (Å²) >= 11 is 0. The van der Waals surface area contributed by atoms with Gasteiger partial charge in [-0.25, -0.2) is 0 Å². The number of amides is 1. The van der Waals surface area contributed by atoms with Crippen molar-refractivity contribution < 1.29 is 15.0 Å². The van der Waals surface area contributed by atoms with Crippen LogP contribution in [0, 0.1) is 0 Å². The van der Waals surface area contributed by atoms with Crippen molar-refractivity contribution in [2.45, 2.75) is 206 Å². The molecule has 42 heavy (non-hydrogen) atoms. The fourth-order valence-corrected chi connectivity index (χ4v) is 5.55. The van der Waals surface area contributed by atoms with Gasteiger partial charge in [0.25, 0.3) is 0 Å². The number of hydrogen-bond donors (Lipinski definition) is 3. The zero-order valence-corrected chi connectivity index (χ0v) is 28.3. The molecule has 0 fully saturated rings. The average Bonchev–Trinajstić information content (AvgIpc) is 2.99. The molecule has 4 heteroatoms. The van der Waals surface area contributed by atoms with Gasteiger partial charge in [-0.05, 0) is 32.1 Å². The minimum absolute atomic E-state index is 0.0764. The van der Waals surface area contributed by atoms with Gasteiger partial charge in [-0.15, -0.1) is 0 Å². The number of carbonyl (C=O) groups excluding carboxylic acids is 1. The van der Waals surface area contributed by atoms with E-state index in [0.717, 1.165) is 32.1 Å². The third kappa shape index (κ3) is 30.3. The lowest BCUT2D eigenvalue weighted by Crippen LogP contribution is -2.45. The Morgan fingerprint density at radius 2 is 0.929 bits per heavy atom. The first-order valence-electron chi connectivity index (χ1n) is 18.6. The van der Waals surface area contributed by atoms with E-state index in [9.17, 15) is 15.0 Å². The number of rotatable bonds is 33. The maximum Gasteiger partial charge on any atom is 0.220 e. The molecule has 248 valence electrons. The minimum atomic E-state index is -0.855. The second-order valence-electron chi connectivity index (χ2n) is 12.6. The first-order valence-corrected chi connectivity index (χ1v) is 18.6. The number of aliphatic hydroxyl groups excluding tert-OH is 2. The van der Waals surface area contributed by atoms with Crippen LogP contribution in [0.4, 0.5) is 0 Å². The lowest BCUT2D eigenvalue weighted by atomic mass is 10.0. The van der Waals surface area contributed by atoms with Crippen LogP contribution in [0.5, 0.6) is 0 Å². The number of allylic oxidation sites excluding steroid dienone is 3. The van der Waals surface area contributed by atoms with Crippen molar-refractivity contribution in [2.75, 3.05) is 6.61 Å². The lowest BCUT2D eigenvalue weighted by molar-refractivity contribution is -0.123. The standard InChI is InChI=1S/C38H73NO3/c1-3-5-7-9-11-13-15-16-17-18-19-20-21-22-23-24-25-27-29-31-33-37(41)36(35-40)39-38(42)34-32-30-28-26-14-12-10-8-6-4-2/h24-25,31,33,36-37,40-41H,3-23,26-30,32,34-35H2,1-2H3,(H,39,42)/b25-24+,33-31+. The van der Waals surface area contributed by atoms with E-state index in [2.05, 4.69) is 31.3 Å². The summed E-state index contributed by atoms with van der Waals surface area (Å²) in [6.45, 7) is 4.28. The number of nitrogens with one attached hydrogen (secondary N) is 1. The Hall–Kier alpha value is -1.13. The maximum absolute atomic E-state index is 12.2. The molecular formula is C38H73NO3. The molecular weight excluding hydrogens is 518 g/mol. The predicted octanol–water partition coefficient (Wildman–Crippen LogP) is 10.9. The van der Waals surface area contributed by atoms with Crippen LogP contribution in [0.15, 0.2) is 24.3 Å². The minimum Gasteiger partial charge on any atom is -0.394 e. The van der Waals surface area contributed by atoms with E-state index in [4.69, 9.17) is 0 Å². The number of carbonyl (C=O) groups is 1. The van der Waals surface area contributed by atoms with E-state index in [1.165, 1.54) is 141 Å². The predicted molar refractivity (Wildman–Crippen MR) is 184 cm³/mol. The van der Waals surface area contributed by atoms with Crippen LogP contribution < -0.4 is 5.32 Å². The molecule has 0 aliphatic carbocycles. The first-order chi connectivity index (χ1) is 20.7. The molecule has 0 saturated heterocycles. The van der Waals surface area contributed by atoms with Crippen molar-refractivity contribution in [3.8, 4) is 0 Å². The average molecular weight is 592 g/mol. The van der Waals surface area contributed by atoms with Gasteiger partial charge >= 0.3 is 0 Å². The molecule has 0 aromatic heterocycles. The van der Waals surface area contributed by atoms with E-state index < -0.39 is 12.1 Å². The largest absolute Gasteiger partial charge is 0.394 e. The molecule has 2 atom stereocenters. The Morgan fingerprint density at radius 3 is 1.38 bits per heavy atom. The summed E-state index contributed by atoms with van der Waals surface area (Å²) in [5.74, 6) is -0.0764. The zero-order valence-electron chi connectivity index (χ0n) is 28.3. The Kier molecular flexibility index (Phi) is 33.4. The number of aliphatic hydroxyl groups is 2. The first kappa shape index (κ1) is 40.9.